The van der Waals surface area contributed by atoms with Crippen LogP contribution < -0.4 is 5.32 Å². The summed E-state index contributed by atoms with van der Waals surface area (Å²) in [6.07, 6.45) is 5.46. The van der Waals surface area contributed by atoms with Crippen molar-refractivity contribution in [2.75, 3.05) is 18.4 Å². The van der Waals surface area contributed by atoms with Gasteiger partial charge in [-0.3, -0.25) is 14.7 Å². The molecule has 0 aliphatic carbocycles. The molecule has 5 heteroatoms. The van der Waals surface area contributed by atoms with E-state index >= 15 is 0 Å². The third-order valence-corrected chi connectivity index (χ3v) is 7.66. The molecule has 5 aliphatic rings. The Morgan fingerprint density at radius 3 is 2.87 bits per heavy atom. The van der Waals surface area contributed by atoms with Gasteiger partial charge in [0.05, 0.1) is 17.2 Å². The number of anilines is 1. The first-order valence-electron chi connectivity index (χ1n) is 11.3. The number of morpholine rings is 1. The Morgan fingerprint density at radius 2 is 2.10 bits per heavy atom. The smallest absolute Gasteiger partial charge is 0.255 e. The number of fused-ring (bicyclic) bond motifs is 3. The lowest BCUT2D eigenvalue weighted by Crippen LogP contribution is -2.70. The third kappa shape index (κ3) is 2.99. The second kappa shape index (κ2) is 7.14. The van der Waals surface area contributed by atoms with Crippen LogP contribution in [0.5, 0.6) is 0 Å². The van der Waals surface area contributed by atoms with Crippen molar-refractivity contribution in [3.63, 3.8) is 0 Å². The van der Waals surface area contributed by atoms with Gasteiger partial charge in [-0.05, 0) is 73.7 Å². The summed E-state index contributed by atoms with van der Waals surface area (Å²) < 4.78 is 6.88. The molecule has 1 unspecified atom stereocenters. The van der Waals surface area contributed by atoms with E-state index in [2.05, 4.69) is 34.3 Å². The van der Waals surface area contributed by atoms with Crippen molar-refractivity contribution in [3.8, 4) is 0 Å². The Labute approximate surface area is 182 Å². The van der Waals surface area contributed by atoms with Crippen LogP contribution in [0.25, 0.3) is 10.9 Å². The first kappa shape index (κ1) is 19.0. The van der Waals surface area contributed by atoms with Gasteiger partial charge in [0.1, 0.15) is 0 Å². The number of nitrogens with zero attached hydrogens (tertiary/aromatic N) is 2. The number of piperidine rings is 3. The molecule has 8 rings (SSSR count). The van der Waals surface area contributed by atoms with Crippen LogP contribution in [0.4, 0.5) is 5.69 Å². The van der Waals surface area contributed by atoms with Gasteiger partial charge in [-0.25, -0.2) is 0 Å². The van der Waals surface area contributed by atoms with Crippen LogP contribution >= 0.6 is 0 Å². The summed E-state index contributed by atoms with van der Waals surface area (Å²) in [6.45, 7) is 4.51. The Morgan fingerprint density at radius 1 is 1.23 bits per heavy atom. The molecule has 6 heterocycles. The van der Waals surface area contributed by atoms with Crippen molar-refractivity contribution in [2.45, 2.75) is 43.9 Å². The Kier molecular flexibility index (Phi) is 4.37. The maximum atomic E-state index is 12.7. The van der Waals surface area contributed by atoms with Crippen LogP contribution in [0.3, 0.4) is 0 Å². The summed E-state index contributed by atoms with van der Waals surface area (Å²) in [6, 6.07) is 17.8. The van der Waals surface area contributed by atoms with Crippen LogP contribution in [0.15, 0.2) is 60.8 Å². The molecular formula is C26H27N3O2. The Bertz CT molecular complexity index is 1150. The van der Waals surface area contributed by atoms with E-state index in [-0.39, 0.29) is 17.6 Å². The number of pyridine rings is 1. The van der Waals surface area contributed by atoms with Crippen molar-refractivity contribution in [3.05, 3.63) is 71.9 Å². The van der Waals surface area contributed by atoms with E-state index < -0.39 is 0 Å². The Hall–Kier alpha value is -2.76. The molecule has 1 aromatic heterocycles. The predicted octanol–water partition coefficient (Wildman–Crippen LogP) is 4.80. The largest absolute Gasteiger partial charge is 0.364 e. The number of aromatic nitrogens is 1. The predicted molar refractivity (Wildman–Crippen MR) is 121 cm³/mol. The van der Waals surface area contributed by atoms with E-state index in [1.807, 2.05) is 48.7 Å². The quantitative estimate of drug-likeness (QED) is 0.667. The summed E-state index contributed by atoms with van der Waals surface area (Å²) >= 11 is 0. The monoisotopic (exact) mass is 413 g/mol. The van der Waals surface area contributed by atoms with Crippen LogP contribution in [0.2, 0.25) is 0 Å². The number of hydrogen-bond acceptors (Lipinski definition) is 4. The van der Waals surface area contributed by atoms with Gasteiger partial charge in [-0.15, -0.1) is 0 Å². The topological polar surface area (TPSA) is 54.5 Å². The fraction of sp³-hybridized carbons (Fsp3) is 0.385. The van der Waals surface area contributed by atoms with Gasteiger partial charge in [-0.2, -0.15) is 0 Å². The van der Waals surface area contributed by atoms with Gasteiger partial charge in [0, 0.05) is 35.4 Å². The lowest BCUT2D eigenvalue weighted by molar-refractivity contribution is -0.274. The number of carbonyl (C=O) groups is 1. The molecule has 5 aliphatic heterocycles. The molecule has 5 fully saturated rings. The molecule has 3 aromatic rings. The molecule has 0 spiro atoms. The molecule has 0 radical (unpaired) electrons. The Balaban J connectivity index is 1.36. The molecule has 2 aromatic carbocycles. The van der Waals surface area contributed by atoms with E-state index in [0.717, 1.165) is 29.6 Å². The number of nitrogens with one attached hydrogen (secondary N) is 1. The lowest BCUT2D eigenvalue weighted by atomic mass is 9.66. The highest BCUT2D eigenvalue weighted by Crippen LogP contribution is 2.54. The summed E-state index contributed by atoms with van der Waals surface area (Å²) in [5, 5.41) is 4.11. The second-order valence-corrected chi connectivity index (χ2v) is 9.17. The minimum absolute atomic E-state index is 0.0214. The van der Waals surface area contributed by atoms with Crippen molar-refractivity contribution in [2.24, 2.45) is 5.92 Å². The van der Waals surface area contributed by atoms with Gasteiger partial charge in [0.25, 0.3) is 5.91 Å². The van der Waals surface area contributed by atoms with Crippen molar-refractivity contribution in [1.29, 1.82) is 0 Å². The SMILES string of the molecule is CC[C@]12CN3CC[C@H]1C[C@@H]3[C@H](c1ccnc3ccc(NC(=O)c4ccccc4)cc13)O2. The van der Waals surface area contributed by atoms with Crippen LogP contribution in [0, 0.1) is 5.92 Å². The highest BCUT2D eigenvalue weighted by atomic mass is 16.5. The standard InChI is InChI=1S/C26H27N3O2/c1-2-26-16-29-13-11-18(26)14-23(29)24(31-26)20-10-12-27-22-9-8-19(15-21(20)22)28-25(30)17-6-4-3-5-7-17/h3-10,12,15,18,23-24H,2,11,13-14,16H2,1H3,(H,28,30)/t18-,23+,24-,26-/m0/s1. The molecule has 158 valence electrons. The van der Waals surface area contributed by atoms with Gasteiger partial charge < -0.3 is 10.1 Å². The zero-order valence-corrected chi connectivity index (χ0v) is 17.8. The molecule has 5 saturated heterocycles. The summed E-state index contributed by atoms with van der Waals surface area (Å²) in [4.78, 5) is 19.9. The fourth-order valence-electron chi connectivity index (χ4n) is 6.01. The zero-order valence-electron chi connectivity index (χ0n) is 17.8. The number of rotatable bonds is 4. The average Bonchev–Trinajstić information content (AvgIpc) is 2.84. The lowest BCUT2D eigenvalue weighted by Gasteiger charge is -2.64. The van der Waals surface area contributed by atoms with E-state index in [1.165, 1.54) is 24.9 Å². The van der Waals surface area contributed by atoms with E-state index in [9.17, 15) is 4.79 Å². The van der Waals surface area contributed by atoms with Gasteiger partial charge in [-0.1, -0.05) is 25.1 Å². The minimum atomic E-state index is -0.105. The van der Waals surface area contributed by atoms with Gasteiger partial charge in [0.2, 0.25) is 0 Å². The summed E-state index contributed by atoms with van der Waals surface area (Å²) in [5.74, 6) is 0.573. The van der Waals surface area contributed by atoms with E-state index in [1.54, 1.807) is 0 Å². The van der Waals surface area contributed by atoms with Crippen LogP contribution in [-0.2, 0) is 4.74 Å². The molecular weight excluding hydrogens is 386 g/mol. The molecule has 1 amide bonds. The number of ether oxygens (including phenoxy) is 1. The summed E-state index contributed by atoms with van der Waals surface area (Å²) in [7, 11) is 0. The first-order valence-corrected chi connectivity index (χ1v) is 11.3. The normalized spacial score (nSPS) is 31.1. The van der Waals surface area contributed by atoms with E-state index in [4.69, 9.17) is 4.74 Å². The number of carbonyl (C=O) groups excluding carboxylic acids is 1. The van der Waals surface area contributed by atoms with Gasteiger partial charge >= 0.3 is 0 Å². The minimum Gasteiger partial charge on any atom is -0.364 e. The fourth-order valence-corrected chi connectivity index (χ4v) is 6.01. The molecule has 5 nitrogen and oxygen atoms in total. The second-order valence-electron chi connectivity index (χ2n) is 9.17. The van der Waals surface area contributed by atoms with Gasteiger partial charge in [0.15, 0.2) is 0 Å². The molecule has 4 bridgehead atoms. The molecule has 1 N–H and O–H groups in total. The highest BCUT2D eigenvalue weighted by molar-refractivity contribution is 6.05. The third-order valence-electron chi connectivity index (χ3n) is 7.66. The molecule has 31 heavy (non-hydrogen) atoms. The maximum Gasteiger partial charge on any atom is 0.255 e. The zero-order chi connectivity index (χ0) is 21.0. The van der Waals surface area contributed by atoms with Crippen LogP contribution in [0.1, 0.15) is 48.2 Å². The van der Waals surface area contributed by atoms with Crippen molar-refractivity contribution in [1.82, 2.24) is 9.88 Å². The number of benzene rings is 2. The number of hydrogen-bond donors (Lipinski definition) is 1. The van der Waals surface area contributed by atoms with Crippen molar-refractivity contribution >= 4 is 22.5 Å². The van der Waals surface area contributed by atoms with E-state index in [0.29, 0.717) is 17.5 Å². The van der Waals surface area contributed by atoms with Crippen LogP contribution in [-0.4, -0.2) is 40.5 Å². The highest BCUT2D eigenvalue weighted by Gasteiger charge is 2.58. The molecule has 0 saturated carbocycles. The number of amides is 1. The molecule has 5 atom stereocenters. The first-order chi connectivity index (χ1) is 15.2. The maximum absolute atomic E-state index is 12.7. The summed E-state index contributed by atoms with van der Waals surface area (Å²) in [5.41, 5.74) is 3.53. The van der Waals surface area contributed by atoms with Crippen molar-refractivity contribution < 1.29 is 9.53 Å². The average molecular weight is 414 g/mol.